The zero-order valence-electron chi connectivity index (χ0n) is 17.8. The fourth-order valence-electron chi connectivity index (χ4n) is 4.56. The average Bonchev–Trinajstić information content (AvgIpc) is 2.61. The lowest BCUT2D eigenvalue weighted by Crippen LogP contribution is -2.50. The van der Waals surface area contributed by atoms with Gasteiger partial charge in [-0.15, -0.1) is 0 Å². The first-order valence-corrected chi connectivity index (χ1v) is 10.6. The van der Waals surface area contributed by atoms with Crippen molar-refractivity contribution in [2.24, 2.45) is 5.92 Å². The number of hydrogen-bond donors (Lipinski definition) is 0. The summed E-state index contributed by atoms with van der Waals surface area (Å²) in [4.78, 5) is 0. The first-order valence-electron chi connectivity index (χ1n) is 10.6. The molecule has 4 atom stereocenters. The predicted molar refractivity (Wildman–Crippen MR) is 113 cm³/mol. The number of ether oxygens (including phenoxy) is 2. The summed E-state index contributed by atoms with van der Waals surface area (Å²) >= 11 is 0. The molecule has 148 valence electrons. The van der Waals surface area contributed by atoms with Crippen molar-refractivity contribution in [1.82, 2.24) is 0 Å². The molecule has 1 saturated heterocycles. The van der Waals surface area contributed by atoms with Crippen LogP contribution in [0, 0.1) is 5.92 Å². The summed E-state index contributed by atoms with van der Waals surface area (Å²) < 4.78 is 13.0. The summed E-state index contributed by atoms with van der Waals surface area (Å²) in [5, 5.41) is 0. The number of para-hydroxylation sites is 1. The minimum absolute atomic E-state index is 0.157. The van der Waals surface area contributed by atoms with Crippen molar-refractivity contribution >= 4 is 0 Å². The molecule has 0 N–H and O–H groups in total. The molecule has 0 radical (unpaired) electrons. The monoisotopic (exact) mass is 368 g/mol. The Morgan fingerprint density at radius 1 is 1.11 bits per heavy atom. The zero-order valence-corrected chi connectivity index (χ0v) is 17.8. The van der Waals surface area contributed by atoms with Crippen molar-refractivity contribution in [3.8, 4) is 5.75 Å². The summed E-state index contributed by atoms with van der Waals surface area (Å²) in [6.07, 6.45) is 11.9. The Kier molecular flexibility index (Phi) is 6.47. The summed E-state index contributed by atoms with van der Waals surface area (Å²) in [6, 6.07) is 8.45. The molecule has 0 amide bonds. The van der Waals surface area contributed by atoms with Gasteiger partial charge >= 0.3 is 0 Å². The summed E-state index contributed by atoms with van der Waals surface area (Å²) in [6.45, 7) is 11.1. The van der Waals surface area contributed by atoms with Crippen LogP contribution in [0.3, 0.4) is 0 Å². The van der Waals surface area contributed by atoms with E-state index in [4.69, 9.17) is 9.47 Å². The maximum absolute atomic E-state index is 6.60. The van der Waals surface area contributed by atoms with Crippen molar-refractivity contribution in [2.75, 3.05) is 0 Å². The molecular formula is C25H36O2. The Labute approximate surface area is 165 Å². The van der Waals surface area contributed by atoms with E-state index in [0.29, 0.717) is 12.0 Å². The Balaban J connectivity index is 1.70. The second-order valence-electron chi connectivity index (χ2n) is 8.91. The van der Waals surface area contributed by atoms with Gasteiger partial charge in [-0.1, -0.05) is 41.5 Å². The van der Waals surface area contributed by atoms with Gasteiger partial charge in [0, 0.05) is 11.5 Å². The van der Waals surface area contributed by atoms with E-state index in [1.165, 1.54) is 23.1 Å². The minimum atomic E-state index is -0.157. The van der Waals surface area contributed by atoms with Gasteiger partial charge in [0.15, 0.2) is 0 Å². The molecule has 27 heavy (non-hydrogen) atoms. The SMILES string of the molecule is CC(C)=CCC/C(C)=C\CCC1(C)Oc2ccccc2C2OC(C)CCC21. The third-order valence-corrected chi connectivity index (χ3v) is 6.21. The van der Waals surface area contributed by atoms with Crippen molar-refractivity contribution in [3.63, 3.8) is 0 Å². The van der Waals surface area contributed by atoms with Gasteiger partial charge in [0.2, 0.25) is 0 Å². The number of fused-ring (bicyclic) bond motifs is 3. The molecule has 2 nitrogen and oxygen atoms in total. The predicted octanol–water partition coefficient (Wildman–Crippen LogP) is 7.17. The van der Waals surface area contributed by atoms with Gasteiger partial charge in [0.25, 0.3) is 0 Å². The van der Waals surface area contributed by atoms with Gasteiger partial charge in [-0.3, -0.25) is 0 Å². The smallest absolute Gasteiger partial charge is 0.125 e. The van der Waals surface area contributed by atoms with E-state index in [2.05, 4.69) is 71.0 Å². The van der Waals surface area contributed by atoms with Gasteiger partial charge in [0.05, 0.1) is 12.2 Å². The molecular weight excluding hydrogens is 332 g/mol. The molecule has 2 heteroatoms. The Bertz CT molecular complexity index is 698. The largest absolute Gasteiger partial charge is 0.487 e. The van der Waals surface area contributed by atoms with Crippen molar-refractivity contribution in [2.45, 2.75) is 91.0 Å². The number of hydrogen-bond acceptors (Lipinski definition) is 2. The molecule has 0 bridgehead atoms. The molecule has 1 fully saturated rings. The molecule has 1 aromatic carbocycles. The third-order valence-electron chi connectivity index (χ3n) is 6.21. The first kappa shape index (κ1) is 20.2. The van der Waals surface area contributed by atoms with Crippen LogP contribution in [0.1, 0.15) is 84.8 Å². The quantitative estimate of drug-likeness (QED) is 0.496. The molecule has 0 saturated carbocycles. The summed E-state index contributed by atoms with van der Waals surface area (Å²) in [7, 11) is 0. The summed E-state index contributed by atoms with van der Waals surface area (Å²) in [5.41, 5.74) is 3.97. The lowest BCUT2D eigenvalue weighted by molar-refractivity contribution is -0.152. The lowest BCUT2D eigenvalue weighted by atomic mass is 9.72. The van der Waals surface area contributed by atoms with E-state index >= 15 is 0 Å². The van der Waals surface area contributed by atoms with E-state index in [-0.39, 0.29) is 11.7 Å². The van der Waals surface area contributed by atoms with Crippen LogP contribution in [0.5, 0.6) is 5.75 Å². The van der Waals surface area contributed by atoms with Gasteiger partial charge in [0.1, 0.15) is 11.4 Å². The van der Waals surface area contributed by atoms with Crippen molar-refractivity contribution in [1.29, 1.82) is 0 Å². The molecule has 1 aromatic rings. The summed E-state index contributed by atoms with van der Waals surface area (Å²) in [5.74, 6) is 1.45. The fraction of sp³-hybridized carbons (Fsp3) is 0.600. The first-order chi connectivity index (χ1) is 12.9. The standard InChI is InChI=1S/C25H36O2/c1-18(2)10-8-11-19(3)12-9-17-25(5)22-16-15-20(4)26-24(22)21-13-6-7-14-23(21)27-25/h6-7,10,12-14,20,22,24H,8-9,11,15-17H2,1-5H3/b19-12-. The van der Waals surface area contributed by atoms with Gasteiger partial charge in [-0.05, 0) is 79.2 Å². The van der Waals surface area contributed by atoms with E-state index in [9.17, 15) is 0 Å². The van der Waals surface area contributed by atoms with Gasteiger partial charge < -0.3 is 9.47 Å². The van der Waals surface area contributed by atoms with E-state index in [0.717, 1.165) is 37.9 Å². The maximum Gasteiger partial charge on any atom is 0.125 e. The fourth-order valence-corrected chi connectivity index (χ4v) is 4.56. The molecule has 0 spiro atoms. The Hall–Kier alpha value is -1.54. The highest BCUT2D eigenvalue weighted by Crippen LogP contribution is 2.51. The Morgan fingerprint density at radius 2 is 1.89 bits per heavy atom. The second-order valence-corrected chi connectivity index (χ2v) is 8.91. The third kappa shape index (κ3) is 4.85. The average molecular weight is 369 g/mol. The van der Waals surface area contributed by atoms with Gasteiger partial charge in [-0.2, -0.15) is 0 Å². The highest BCUT2D eigenvalue weighted by molar-refractivity contribution is 5.39. The highest BCUT2D eigenvalue weighted by atomic mass is 16.5. The molecule has 0 aliphatic carbocycles. The van der Waals surface area contributed by atoms with Crippen molar-refractivity contribution in [3.05, 3.63) is 53.1 Å². The number of benzene rings is 1. The van der Waals surface area contributed by atoms with Crippen LogP contribution < -0.4 is 4.74 Å². The van der Waals surface area contributed by atoms with E-state index in [1.807, 2.05) is 0 Å². The van der Waals surface area contributed by atoms with Gasteiger partial charge in [-0.25, -0.2) is 0 Å². The van der Waals surface area contributed by atoms with Crippen LogP contribution in [0.4, 0.5) is 0 Å². The highest BCUT2D eigenvalue weighted by Gasteiger charge is 2.48. The van der Waals surface area contributed by atoms with Crippen LogP contribution in [0.15, 0.2) is 47.6 Å². The zero-order chi connectivity index (χ0) is 19.4. The molecule has 2 aliphatic rings. The number of allylic oxidation sites excluding steroid dienone is 4. The molecule has 3 rings (SSSR count). The molecule has 4 unspecified atom stereocenters. The Morgan fingerprint density at radius 3 is 2.67 bits per heavy atom. The van der Waals surface area contributed by atoms with Crippen LogP contribution in [-0.2, 0) is 4.74 Å². The minimum Gasteiger partial charge on any atom is -0.487 e. The van der Waals surface area contributed by atoms with Crippen LogP contribution in [0.2, 0.25) is 0 Å². The van der Waals surface area contributed by atoms with E-state index in [1.54, 1.807) is 0 Å². The van der Waals surface area contributed by atoms with Crippen LogP contribution in [0.25, 0.3) is 0 Å². The molecule has 2 heterocycles. The topological polar surface area (TPSA) is 18.5 Å². The van der Waals surface area contributed by atoms with Crippen LogP contribution >= 0.6 is 0 Å². The van der Waals surface area contributed by atoms with E-state index < -0.39 is 0 Å². The van der Waals surface area contributed by atoms with Crippen LogP contribution in [-0.4, -0.2) is 11.7 Å². The molecule has 2 aliphatic heterocycles. The second kappa shape index (κ2) is 8.65. The maximum atomic E-state index is 6.60. The normalized spacial score (nSPS) is 30.1. The van der Waals surface area contributed by atoms with Crippen molar-refractivity contribution < 1.29 is 9.47 Å². The molecule has 0 aromatic heterocycles. The number of rotatable bonds is 6. The lowest BCUT2D eigenvalue weighted by Gasteiger charge is -2.50.